The number of nitrogens with zero attached hydrogens (tertiary/aromatic N) is 2. The lowest BCUT2D eigenvalue weighted by Gasteiger charge is -2.32. The van der Waals surface area contributed by atoms with Crippen molar-refractivity contribution in [1.82, 2.24) is 9.88 Å². The number of piperidine rings is 1. The number of likely N-dealkylation sites (tertiary alicyclic amines) is 1. The van der Waals surface area contributed by atoms with E-state index in [0.717, 1.165) is 25.9 Å². The van der Waals surface area contributed by atoms with E-state index in [0.29, 0.717) is 33.8 Å². The SMILES string of the molecule is O=C(Nc1cccc(Cl)c1)c1ccc(Cl)nc1NC1CCN(CCO)CC1. The Balaban J connectivity index is 1.70. The highest BCUT2D eigenvalue weighted by Crippen LogP contribution is 2.23. The number of nitrogens with one attached hydrogen (secondary N) is 2. The fourth-order valence-electron chi connectivity index (χ4n) is 3.13. The van der Waals surface area contributed by atoms with Crippen molar-refractivity contribution in [3.63, 3.8) is 0 Å². The third kappa shape index (κ3) is 5.56. The van der Waals surface area contributed by atoms with Crippen molar-refractivity contribution in [3.05, 3.63) is 52.1 Å². The summed E-state index contributed by atoms with van der Waals surface area (Å²) in [7, 11) is 0. The third-order valence-electron chi connectivity index (χ3n) is 4.53. The second-order valence-corrected chi connectivity index (χ2v) is 7.30. The summed E-state index contributed by atoms with van der Waals surface area (Å²) in [5.74, 6) is 0.198. The summed E-state index contributed by atoms with van der Waals surface area (Å²) in [4.78, 5) is 19.3. The zero-order valence-electron chi connectivity index (χ0n) is 14.8. The fourth-order valence-corrected chi connectivity index (χ4v) is 3.47. The van der Waals surface area contributed by atoms with Crippen LogP contribution in [0.5, 0.6) is 0 Å². The Kier molecular flexibility index (Phi) is 6.90. The zero-order chi connectivity index (χ0) is 19.2. The number of halogens is 2. The molecule has 6 nitrogen and oxygen atoms in total. The van der Waals surface area contributed by atoms with Crippen LogP contribution in [0.25, 0.3) is 0 Å². The number of aromatic nitrogens is 1. The van der Waals surface area contributed by atoms with E-state index in [1.165, 1.54) is 0 Å². The molecule has 27 heavy (non-hydrogen) atoms. The molecule has 1 saturated heterocycles. The van der Waals surface area contributed by atoms with E-state index < -0.39 is 0 Å². The van der Waals surface area contributed by atoms with Gasteiger partial charge < -0.3 is 20.6 Å². The molecule has 1 aliphatic rings. The smallest absolute Gasteiger partial charge is 0.259 e. The number of amides is 1. The minimum Gasteiger partial charge on any atom is -0.395 e. The van der Waals surface area contributed by atoms with Crippen LogP contribution in [0.4, 0.5) is 11.5 Å². The molecule has 1 aromatic carbocycles. The van der Waals surface area contributed by atoms with E-state index in [1.54, 1.807) is 36.4 Å². The number of carbonyl (C=O) groups excluding carboxylic acids is 1. The molecule has 1 fully saturated rings. The van der Waals surface area contributed by atoms with Crippen LogP contribution in [0.15, 0.2) is 36.4 Å². The van der Waals surface area contributed by atoms with Gasteiger partial charge in [0, 0.05) is 36.4 Å². The highest BCUT2D eigenvalue weighted by atomic mass is 35.5. The molecule has 1 amide bonds. The largest absolute Gasteiger partial charge is 0.395 e. The molecule has 0 atom stereocenters. The summed E-state index contributed by atoms with van der Waals surface area (Å²) in [5, 5.41) is 16.1. The molecule has 3 rings (SSSR count). The van der Waals surface area contributed by atoms with Gasteiger partial charge in [-0.15, -0.1) is 0 Å². The van der Waals surface area contributed by atoms with E-state index in [-0.39, 0.29) is 18.6 Å². The van der Waals surface area contributed by atoms with Crippen LogP contribution in [0.1, 0.15) is 23.2 Å². The van der Waals surface area contributed by atoms with Crippen LogP contribution in [-0.4, -0.2) is 53.2 Å². The van der Waals surface area contributed by atoms with Crippen molar-refractivity contribution < 1.29 is 9.90 Å². The second kappa shape index (κ2) is 9.37. The second-order valence-electron chi connectivity index (χ2n) is 6.48. The summed E-state index contributed by atoms with van der Waals surface area (Å²) < 4.78 is 0. The van der Waals surface area contributed by atoms with Crippen molar-refractivity contribution in [2.24, 2.45) is 0 Å². The number of benzene rings is 1. The van der Waals surface area contributed by atoms with Gasteiger partial charge in [0.05, 0.1) is 12.2 Å². The summed E-state index contributed by atoms with van der Waals surface area (Å²) in [6.45, 7) is 2.64. The number of hydrogen-bond donors (Lipinski definition) is 3. The molecular formula is C19H22Cl2N4O2. The number of β-amino-alcohol motifs (C(OH)–C–C–N with tert-alkyl or cyclic N) is 1. The molecule has 144 valence electrons. The van der Waals surface area contributed by atoms with Gasteiger partial charge in [-0.05, 0) is 43.2 Å². The van der Waals surface area contributed by atoms with Crippen molar-refractivity contribution in [2.45, 2.75) is 18.9 Å². The van der Waals surface area contributed by atoms with Gasteiger partial charge in [0.2, 0.25) is 0 Å². The van der Waals surface area contributed by atoms with Gasteiger partial charge in [0.15, 0.2) is 0 Å². The van der Waals surface area contributed by atoms with Crippen molar-refractivity contribution in [1.29, 1.82) is 0 Å². The van der Waals surface area contributed by atoms with Crippen molar-refractivity contribution in [2.75, 3.05) is 36.9 Å². The first-order chi connectivity index (χ1) is 13.0. The maximum absolute atomic E-state index is 12.7. The lowest BCUT2D eigenvalue weighted by Crippen LogP contribution is -2.40. The van der Waals surface area contributed by atoms with Crippen LogP contribution in [-0.2, 0) is 0 Å². The standard InChI is InChI=1S/C19H22Cl2N4O2/c20-13-2-1-3-15(12-13)23-19(27)16-4-5-17(21)24-18(16)22-14-6-8-25(9-7-14)10-11-26/h1-5,12,14,26H,6-11H2,(H,22,24)(H,23,27). The number of anilines is 2. The summed E-state index contributed by atoms with van der Waals surface area (Å²) in [5.41, 5.74) is 1.04. The van der Waals surface area contributed by atoms with Gasteiger partial charge in [-0.3, -0.25) is 4.79 Å². The van der Waals surface area contributed by atoms with E-state index in [2.05, 4.69) is 20.5 Å². The molecule has 1 aliphatic heterocycles. The lowest BCUT2D eigenvalue weighted by molar-refractivity contribution is 0.102. The van der Waals surface area contributed by atoms with Gasteiger partial charge in [-0.2, -0.15) is 0 Å². The first kappa shape index (κ1) is 19.9. The summed E-state index contributed by atoms with van der Waals surface area (Å²) >= 11 is 12.0. The number of aliphatic hydroxyl groups excluding tert-OH is 1. The number of carbonyl (C=O) groups is 1. The number of aliphatic hydroxyl groups is 1. The maximum Gasteiger partial charge on any atom is 0.259 e. The normalized spacial score (nSPS) is 15.5. The number of hydrogen-bond acceptors (Lipinski definition) is 5. The Labute approximate surface area is 168 Å². The molecule has 2 aromatic rings. The van der Waals surface area contributed by atoms with Gasteiger partial charge in [-0.25, -0.2) is 4.98 Å². The Hall–Kier alpha value is -1.86. The van der Waals surface area contributed by atoms with Gasteiger partial charge in [0.25, 0.3) is 5.91 Å². The van der Waals surface area contributed by atoms with Gasteiger partial charge >= 0.3 is 0 Å². The minimum absolute atomic E-state index is 0.168. The van der Waals surface area contributed by atoms with E-state index in [4.69, 9.17) is 28.3 Å². The lowest BCUT2D eigenvalue weighted by atomic mass is 10.0. The molecule has 2 heterocycles. The van der Waals surface area contributed by atoms with Crippen LogP contribution in [0.2, 0.25) is 10.2 Å². The first-order valence-electron chi connectivity index (χ1n) is 8.88. The Bertz CT molecular complexity index is 795. The van der Waals surface area contributed by atoms with Crippen molar-refractivity contribution in [3.8, 4) is 0 Å². The van der Waals surface area contributed by atoms with Gasteiger partial charge in [0.1, 0.15) is 11.0 Å². The highest BCUT2D eigenvalue weighted by molar-refractivity contribution is 6.31. The van der Waals surface area contributed by atoms with E-state index >= 15 is 0 Å². The molecule has 0 radical (unpaired) electrons. The highest BCUT2D eigenvalue weighted by Gasteiger charge is 2.22. The summed E-state index contributed by atoms with van der Waals surface area (Å²) in [6, 6.07) is 10.4. The molecule has 0 saturated carbocycles. The van der Waals surface area contributed by atoms with Crippen LogP contribution in [0, 0.1) is 0 Å². The molecule has 0 bridgehead atoms. The monoisotopic (exact) mass is 408 g/mol. The molecule has 0 aliphatic carbocycles. The van der Waals surface area contributed by atoms with E-state index in [9.17, 15) is 4.79 Å². The number of rotatable bonds is 6. The first-order valence-corrected chi connectivity index (χ1v) is 9.64. The average Bonchev–Trinajstić information content (AvgIpc) is 2.63. The van der Waals surface area contributed by atoms with Gasteiger partial charge in [-0.1, -0.05) is 29.3 Å². The maximum atomic E-state index is 12.7. The van der Waals surface area contributed by atoms with Crippen LogP contribution >= 0.6 is 23.2 Å². The Morgan fingerprint density at radius 1 is 1.22 bits per heavy atom. The Morgan fingerprint density at radius 2 is 2.00 bits per heavy atom. The predicted octanol–water partition coefficient (Wildman–Crippen LogP) is 3.51. The minimum atomic E-state index is -0.276. The predicted molar refractivity (Wildman–Crippen MR) is 109 cm³/mol. The fraction of sp³-hybridized carbons (Fsp3) is 0.368. The quantitative estimate of drug-likeness (QED) is 0.637. The van der Waals surface area contributed by atoms with E-state index in [1.807, 2.05) is 0 Å². The van der Waals surface area contributed by atoms with Crippen LogP contribution < -0.4 is 10.6 Å². The zero-order valence-corrected chi connectivity index (χ0v) is 16.3. The van der Waals surface area contributed by atoms with Crippen molar-refractivity contribution >= 4 is 40.6 Å². The molecule has 0 spiro atoms. The third-order valence-corrected chi connectivity index (χ3v) is 4.98. The van der Waals surface area contributed by atoms with Crippen LogP contribution in [0.3, 0.4) is 0 Å². The summed E-state index contributed by atoms with van der Waals surface area (Å²) in [6.07, 6.45) is 1.81. The topological polar surface area (TPSA) is 77.5 Å². The Morgan fingerprint density at radius 3 is 2.70 bits per heavy atom. The molecular weight excluding hydrogens is 387 g/mol. The molecule has 3 N–H and O–H groups in total. The molecule has 0 unspecified atom stereocenters. The number of pyridine rings is 1. The molecule has 1 aromatic heterocycles. The molecule has 8 heteroatoms. The average molecular weight is 409 g/mol.